The number of nitrogens with zero attached hydrogens (tertiary/aromatic N) is 1. The van der Waals surface area contributed by atoms with Gasteiger partial charge in [0.1, 0.15) is 0 Å². The molecule has 14 heavy (non-hydrogen) atoms. The molecular weight excluding hydrogens is 176 g/mol. The first-order chi connectivity index (χ1) is 6.36. The summed E-state index contributed by atoms with van der Waals surface area (Å²) in [5, 5.41) is 0. The van der Waals surface area contributed by atoms with Gasteiger partial charge in [-0.3, -0.25) is 9.69 Å². The van der Waals surface area contributed by atoms with E-state index in [0.717, 1.165) is 19.5 Å². The molecule has 0 aromatic carbocycles. The molecule has 1 amide bonds. The van der Waals surface area contributed by atoms with Crippen LogP contribution in [0.1, 0.15) is 34.1 Å². The highest BCUT2D eigenvalue weighted by Gasteiger charge is 2.39. The molecule has 0 saturated carbocycles. The first-order valence-electron chi connectivity index (χ1n) is 5.39. The second-order valence-electron chi connectivity index (χ2n) is 5.30. The van der Waals surface area contributed by atoms with E-state index in [9.17, 15) is 4.79 Å². The van der Waals surface area contributed by atoms with E-state index in [2.05, 4.69) is 32.6 Å². The highest BCUT2D eigenvalue weighted by Crippen LogP contribution is 2.36. The topological polar surface area (TPSA) is 46.3 Å². The molecule has 1 aliphatic rings. The number of carbonyl (C=O) groups is 1. The van der Waals surface area contributed by atoms with E-state index in [1.165, 1.54) is 0 Å². The fourth-order valence-corrected chi connectivity index (χ4v) is 2.18. The van der Waals surface area contributed by atoms with Gasteiger partial charge < -0.3 is 5.73 Å². The quantitative estimate of drug-likeness (QED) is 0.725. The molecule has 0 aromatic heterocycles. The van der Waals surface area contributed by atoms with Crippen LogP contribution in [0, 0.1) is 11.3 Å². The van der Waals surface area contributed by atoms with Crippen molar-refractivity contribution in [2.45, 2.75) is 40.2 Å². The van der Waals surface area contributed by atoms with Gasteiger partial charge in [0.15, 0.2) is 0 Å². The van der Waals surface area contributed by atoms with E-state index in [0.29, 0.717) is 5.92 Å². The summed E-state index contributed by atoms with van der Waals surface area (Å²) in [5.41, 5.74) is 5.66. The van der Waals surface area contributed by atoms with Gasteiger partial charge in [-0.15, -0.1) is 0 Å². The Kier molecular flexibility index (Phi) is 3.20. The van der Waals surface area contributed by atoms with Gasteiger partial charge in [-0.1, -0.05) is 27.7 Å². The zero-order chi connectivity index (χ0) is 10.9. The van der Waals surface area contributed by atoms with Gasteiger partial charge in [-0.05, 0) is 24.3 Å². The molecule has 1 rings (SSSR count). The number of likely N-dealkylation sites (N-methyl/N-ethyl adjacent to an activating group) is 1. The summed E-state index contributed by atoms with van der Waals surface area (Å²) >= 11 is 0. The summed E-state index contributed by atoms with van der Waals surface area (Å²) in [4.78, 5) is 13.4. The number of likely N-dealkylation sites (tertiary alicyclic amines) is 1. The predicted molar refractivity (Wildman–Crippen MR) is 57.8 cm³/mol. The van der Waals surface area contributed by atoms with Crippen molar-refractivity contribution in [3.8, 4) is 0 Å². The van der Waals surface area contributed by atoms with Crippen LogP contribution in [0.4, 0.5) is 0 Å². The Labute approximate surface area is 86.6 Å². The maximum Gasteiger partial charge on any atom is 0.234 e. The molecule has 0 aliphatic carbocycles. The number of primary amides is 1. The van der Waals surface area contributed by atoms with Crippen LogP contribution in [-0.4, -0.2) is 29.9 Å². The SMILES string of the molecule is CCN1CC(C(C)(C)C)CC1C(N)=O. The number of nitrogens with two attached hydrogens (primary N) is 1. The molecule has 2 atom stereocenters. The molecule has 0 aromatic rings. The van der Waals surface area contributed by atoms with Crippen LogP contribution in [0.15, 0.2) is 0 Å². The Morgan fingerprint density at radius 2 is 2.07 bits per heavy atom. The van der Waals surface area contributed by atoms with Gasteiger partial charge >= 0.3 is 0 Å². The van der Waals surface area contributed by atoms with Crippen molar-refractivity contribution in [3.05, 3.63) is 0 Å². The first kappa shape index (κ1) is 11.5. The lowest BCUT2D eigenvalue weighted by Crippen LogP contribution is -2.39. The summed E-state index contributed by atoms with van der Waals surface area (Å²) in [6, 6.07) is -0.0378. The molecule has 1 heterocycles. The maximum atomic E-state index is 11.2. The van der Waals surface area contributed by atoms with E-state index in [-0.39, 0.29) is 17.4 Å². The number of hydrogen-bond donors (Lipinski definition) is 1. The Morgan fingerprint density at radius 3 is 2.36 bits per heavy atom. The second kappa shape index (κ2) is 3.89. The summed E-state index contributed by atoms with van der Waals surface area (Å²) in [6.07, 6.45) is 0.923. The zero-order valence-corrected chi connectivity index (χ0v) is 9.71. The lowest BCUT2D eigenvalue weighted by atomic mass is 9.79. The Morgan fingerprint density at radius 1 is 1.50 bits per heavy atom. The maximum absolute atomic E-state index is 11.2. The summed E-state index contributed by atoms with van der Waals surface area (Å²) in [5.74, 6) is 0.415. The molecule has 1 aliphatic heterocycles. The van der Waals surface area contributed by atoms with Crippen LogP contribution >= 0.6 is 0 Å². The minimum Gasteiger partial charge on any atom is -0.368 e. The van der Waals surface area contributed by atoms with Crippen LogP contribution in [0.25, 0.3) is 0 Å². The van der Waals surface area contributed by atoms with Crippen molar-refractivity contribution >= 4 is 5.91 Å². The van der Waals surface area contributed by atoms with Crippen LogP contribution in [-0.2, 0) is 4.79 Å². The van der Waals surface area contributed by atoms with E-state index >= 15 is 0 Å². The van der Waals surface area contributed by atoms with Crippen molar-refractivity contribution < 1.29 is 4.79 Å². The number of hydrogen-bond acceptors (Lipinski definition) is 2. The predicted octanol–water partition coefficient (Wildman–Crippen LogP) is 1.23. The van der Waals surface area contributed by atoms with Gasteiger partial charge in [0.25, 0.3) is 0 Å². The van der Waals surface area contributed by atoms with Gasteiger partial charge in [0.05, 0.1) is 6.04 Å². The second-order valence-corrected chi connectivity index (χ2v) is 5.30. The van der Waals surface area contributed by atoms with Gasteiger partial charge in [-0.25, -0.2) is 0 Å². The Bertz CT molecular complexity index is 220. The van der Waals surface area contributed by atoms with Crippen LogP contribution in [0.3, 0.4) is 0 Å². The molecule has 2 unspecified atom stereocenters. The monoisotopic (exact) mass is 198 g/mol. The molecule has 2 N–H and O–H groups in total. The lowest BCUT2D eigenvalue weighted by molar-refractivity contribution is -0.122. The molecule has 82 valence electrons. The summed E-state index contributed by atoms with van der Waals surface area (Å²) in [7, 11) is 0. The summed E-state index contributed by atoms with van der Waals surface area (Å²) in [6.45, 7) is 10.7. The molecular formula is C11H22N2O. The average Bonchev–Trinajstić information content (AvgIpc) is 2.45. The average molecular weight is 198 g/mol. The minimum absolute atomic E-state index is 0.0378. The van der Waals surface area contributed by atoms with Gasteiger partial charge in [-0.2, -0.15) is 0 Å². The largest absolute Gasteiger partial charge is 0.368 e. The minimum atomic E-state index is -0.168. The molecule has 1 fully saturated rings. The third-order valence-electron chi connectivity index (χ3n) is 3.36. The third-order valence-corrected chi connectivity index (χ3v) is 3.36. The van der Waals surface area contributed by atoms with E-state index < -0.39 is 0 Å². The van der Waals surface area contributed by atoms with E-state index in [1.807, 2.05) is 0 Å². The van der Waals surface area contributed by atoms with Gasteiger partial charge in [0, 0.05) is 6.54 Å². The van der Waals surface area contributed by atoms with Crippen molar-refractivity contribution in [3.63, 3.8) is 0 Å². The van der Waals surface area contributed by atoms with Crippen LogP contribution < -0.4 is 5.73 Å². The zero-order valence-electron chi connectivity index (χ0n) is 9.71. The van der Waals surface area contributed by atoms with Crippen molar-refractivity contribution in [1.29, 1.82) is 0 Å². The third kappa shape index (κ3) is 2.27. The van der Waals surface area contributed by atoms with E-state index in [4.69, 9.17) is 5.73 Å². The van der Waals surface area contributed by atoms with Crippen LogP contribution in [0.5, 0.6) is 0 Å². The van der Waals surface area contributed by atoms with Crippen molar-refractivity contribution in [1.82, 2.24) is 4.90 Å². The fraction of sp³-hybridized carbons (Fsp3) is 0.909. The first-order valence-corrected chi connectivity index (χ1v) is 5.39. The standard InChI is InChI=1S/C11H22N2O/c1-5-13-7-8(11(2,3)4)6-9(13)10(12)14/h8-9H,5-7H2,1-4H3,(H2,12,14). The van der Waals surface area contributed by atoms with Crippen LogP contribution in [0.2, 0.25) is 0 Å². The summed E-state index contributed by atoms with van der Waals surface area (Å²) < 4.78 is 0. The van der Waals surface area contributed by atoms with Crippen molar-refractivity contribution in [2.75, 3.05) is 13.1 Å². The van der Waals surface area contributed by atoms with Gasteiger partial charge in [0.2, 0.25) is 5.91 Å². The molecule has 1 saturated heterocycles. The fourth-order valence-electron chi connectivity index (χ4n) is 2.18. The molecule has 0 radical (unpaired) electrons. The molecule has 3 heteroatoms. The smallest absolute Gasteiger partial charge is 0.234 e. The number of carbonyl (C=O) groups excluding carboxylic acids is 1. The highest BCUT2D eigenvalue weighted by molar-refractivity contribution is 5.80. The molecule has 0 bridgehead atoms. The Balaban J connectivity index is 2.70. The molecule has 0 spiro atoms. The highest BCUT2D eigenvalue weighted by atomic mass is 16.1. The number of rotatable bonds is 2. The van der Waals surface area contributed by atoms with Crippen molar-refractivity contribution in [2.24, 2.45) is 17.1 Å². The number of amides is 1. The van der Waals surface area contributed by atoms with E-state index in [1.54, 1.807) is 0 Å². The lowest BCUT2D eigenvalue weighted by Gasteiger charge is -2.26. The molecule has 3 nitrogen and oxygen atoms in total. The Hall–Kier alpha value is -0.570. The normalized spacial score (nSPS) is 29.4.